The van der Waals surface area contributed by atoms with Gasteiger partial charge >= 0.3 is 0 Å². The van der Waals surface area contributed by atoms with Gasteiger partial charge in [0.15, 0.2) is 11.6 Å². The fourth-order valence-electron chi connectivity index (χ4n) is 3.53. The van der Waals surface area contributed by atoms with Gasteiger partial charge in [0.05, 0.1) is 16.9 Å². The minimum Gasteiger partial charge on any atom is -0.288 e. The van der Waals surface area contributed by atoms with Gasteiger partial charge in [-0.1, -0.05) is 78.9 Å². The SMILES string of the molecule is O=C(c1ccccc1)c1c(-c2nc(=S)[nH][nH]2)nn(-c2ccccc2)c1-c1ccccc1. The number of hydrogen-bond donors (Lipinski definition) is 2. The molecule has 0 fully saturated rings. The lowest BCUT2D eigenvalue weighted by atomic mass is 9.97. The molecular weight excluding hydrogens is 406 g/mol. The Balaban J connectivity index is 1.86. The fraction of sp³-hybridized carbons (Fsp3) is 0. The Bertz CT molecular complexity index is 1400. The van der Waals surface area contributed by atoms with Crippen LogP contribution in [0.2, 0.25) is 0 Å². The molecule has 0 saturated heterocycles. The summed E-state index contributed by atoms with van der Waals surface area (Å²) in [6, 6.07) is 28.6. The summed E-state index contributed by atoms with van der Waals surface area (Å²) in [4.78, 5) is 18.1. The normalized spacial score (nSPS) is 10.8. The van der Waals surface area contributed by atoms with E-state index in [9.17, 15) is 4.79 Å². The van der Waals surface area contributed by atoms with Crippen molar-refractivity contribution in [2.24, 2.45) is 0 Å². The molecule has 150 valence electrons. The Kier molecular flexibility index (Phi) is 4.86. The van der Waals surface area contributed by atoms with Crippen molar-refractivity contribution in [3.8, 4) is 28.5 Å². The zero-order chi connectivity index (χ0) is 21.2. The van der Waals surface area contributed by atoms with Gasteiger partial charge in [0, 0.05) is 11.1 Å². The summed E-state index contributed by atoms with van der Waals surface area (Å²) in [7, 11) is 0. The second-order valence-electron chi connectivity index (χ2n) is 6.90. The second-order valence-corrected chi connectivity index (χ2v) is 7.28. The lowest BCUT2D eigenvalue weighted by molar-refractivity contribution is 0.104. The predicted octanol–water partition coefficient (Wildman–Crippen LogP) is 5.22. The number of rotatable bonds is 5. The number of nitrogens with one attached hydrogen (secondary N) is 2. The molecular formula is C24H17N5OS. The number of nitrogens with zero attached hydrogens (tertiary/aromatic N) is 3. The molecule has 0 aliphatic heterocycles. The van der Waals surface area contributed by atoms with Crippen molar-refractivity contribution in [1.29, 1.82) is 0 Å². The highest BCUT2D eigenvalue weighted by atomic mass is 32.1. The number of ketones is 1. The van der Waals surface area contributed by atoms with E-state index in [-0.39, 0.29) is 5.78 Å². The highest BCUT2D eigenvalue weighted by Crippen LogP contribution is 2.34. The number of carbonyl (C=O) groups excluding carboxylic acids is 1. The van der Waals surface area contributed by atoms with Crippen LogP contribution in [0.5, 0.6) is 0 Å². The molecule has 3 aromatic carbocycles. The summed E-state index contributed by atoms with van der Waals surface area (Å²) in [6.45, 7) is 0. The van der Waals surface area contributed by atoms with Crippen molar-refractivity contribution in [2.75, 3.05) is 0 Å². The monoisotopic (exact) mass is 423 g/mol. The number of para-hydroxylation sites is 1. The third-order valence-corrected chi connectivity index (χ3v) is 5.12. The maximum absolute atomic E-state index is 13.8. The van der Waals surface area contributed by atoms with Crippen LogP contribution in [0.25, 0.3) is 28.5 Å². The van der Waals surface area contributed by atoms with Crippen LogP contribution in [-0.4, -0.2) is 30.7 Å². The molecule has 5 aromatic rings. The molecule has 6 nitrogen and oxygen atoms in total. The Morgan fingerprint density at radius 3 is 2.03 bits per heavy atom. The summed E-state index contributed by atoms with van der Waals surface area (Å²) in [5, 5.41) is 10.6. The topological polar surface area (TPSA) is 79.4 Å². The number of benzene rings is 3. The van der Waals surface area contributed by atoms with Gasteiger partial charge in [-0.2, -0.15) is 10.1 Å². The zero-order valence-electron chi connectivity index (χ0n) is 16.3. The lowest BCUT2D eigenvalue weighted by Crippen LogP contribution is -2.05. The molecule has 0 spiro atoms. The summed E-state index contributed by atoms with van der Waals surface area (Å²) in [5.74, 6) is 0.273. The molecule has 2 heterocycles. The van der Waals surface area contributed by atoms with Gasteiger partial charge in [-0.15, -0.1) is 0 Å². The molecule has 7 heteroatoms. The largest absolute Gasteiger partial charge is 0.288 e. The Labute approximate surface area is 183 Å². The third-order valence-electron chi connectivity index (χ3n) is 4.92. The van der Waals surface area contributed by atoms with Gasteiger partial charge in [-0.05, 0) is 24.4 Å². The number of aromatic amines is 2. The maximum atomic E-state index is 13.8. The minimum absolute atomic E-state index is 0.140. The quantitative estimate of drug-likeness (QED) is 0.300. The van der Waals surface area contributed by atoms with Crippen LogP contribution >= 0.6 is 12.2 Å². The first kappa shape index (κ1) is 18.9. The van der Waals surface area contributed by atoms with Crippen molar-refractivity contribution >= 4 is 18.0 Å². The van der Waals surface area contributed by atoms with Crippen LogP contribution in [0.3, 0.4) is 0 Å². The van der Waals surface area contributed by atoms with Gasteiger partial charge in [-0.3, -0.25) is 15.0 Å². The minimum atomic E-state index is -0.140. The zero-order valence-corrected chi connectivity index (χ0v) is 17.1. The van der Waals surface area contributed by atoms with E-state index in [2.05, 4.69) is 15.2 Å². The van der Waals surface area contributed by atoms with Crippen LogP contribution < -0.4 is 0 Å². The average Bonchev–Trinajstić information content (AvgIpc) is 3.44. The molecule has 0 bridgehead atoms. The molecule has 0 atom stereocenters. The number of H-pyrrole nitrogens is 2. The molecule has 2 N–H and O–H groups in total. The molecule has 0 aliphatic carbocycles. The van der Waals surface area contributed by atoms with Gasteiger partial charge in [0.25, 0.3) is 0 Å². The highest BCUT2D eigenvalue weighted by Gasteiger charge is 2.28. The van der Waals surface area contributed by atoms with Crippen LogP contribution in [0.1, 0.15) is 15.9 Å². The summed E-state index contributed by atoms with van der Waals surface area (Å²) >= 11 is 5.14. The molecule has 5 rings (SSSR count). The summed E-state index contributed by atoms with van der Waals surface area (Å²) in [5.41, 5.74) is 3.87. The second kappa shape index (κ2) is 7.97. The highest BCUT2D eigenvalue weighted by molar-refractivity contribution is 7.71. The molecule has 31 heavy (non-hydrogen) atoms. The molecule has 2 aromatic heterocycles. The maximum Gasteiger partial charge on any atom is 0.213 e. The van der Waals surface area contributed by atoms with Gasteiger partial charge in [0.2, 0.25) is 4.77 Å². The first-order chi connectivity index (χ1) is 15.2. The first-order valence-electron chi connectivity index (χ1n) is 9.71. The van der Waals surface area contributed by atoms with E-state index in [1.807, 2.05) is 78.9 Å². The van der Waals surface area contributed by atoms with E-state index in [4.69, 9.17) is 17.3 Å². The van der Waals surface area contributed by atoms with E-state index in [1.165, 1.54) is 0 Å². The summed E-state index contributed by atoms with van der Waals surface area (Å²) in [6.07, 6.45) is 0. The van der Waals surface area contributed by atoms with E-state index in [1.54, 1.807) is 16.8 Å². The van der Waals surface area contributed by atoms with Crippen LogP contribution in [0.4, 0.5) is 0 Å². The summed E-state index contributed by atoms with van der Waals surface area (Å²) < 4.78 is 2.08. The smallest absolute Gasteiger partial charge is 0.213 e. The Morgan fingerprint density at radius 1 is 0.806 bits per heavy atom. The third kappa shape index (κ3) is 3.51. The Hall–Kier alpha value is -4.10. The van der Waals surface area contributed by atoms with Crippen molar-refractivity contribution in [3.63, 3.8) is 0 Å². The van der Waals surface area contributed by atoms with Gasteiger partial charge in [-0.25, -0.2) is 4.68 Å². The predicted molar refractivity (Wildman–Crippen MR) is 122 cm³/mol. The van der Waals surface area contributed by atoms with E-state index in [0.717, 1.165) is 11.3 Å². The molecule has 0 aliphatic rings. The fourth-order valence-corrected chi connectivity index (χ4v) is 3.68. The Morgan fingerprint density at radius 2 is 1.42 bits per heavy atom. The standard InChI is InChI=1S/C24H17N5OS/c30-22(17-12-6-2-7-13-17)19-20(23-25-24(31)27-26-23)28-29(18-14-8-3-9-15-18)21(19)16-10-4-1-5-11-16/h1-15H,(H2,25,26,27,31). The van der Waals surface area contributed by atoms with Crippen LogP contribution in [0, 0.1) is 4.77 Å². The van der Waals surface area contributed by atoms with Crippen molar-refractivity contribution in [2.45, 2.75) is 0 Å². The van der Waals surface area contributed by atoms with Crippen molar-refractivity contribution in [3.05, 3.63) is 107 Å². The average molecular weight is 424 g/mol. The van der Waals surface area contributed by atoms with Crippen LogP contribution in [-0.2, 0) is 0 Å². The number of carbonyl (C=O) groups is 1. The van der Waals surface area contributed by atoms with E-state index >= 15 is 0 Å². The molecule has 0 unspecified atom stereocenters. The van der Waals surface area contributed by atoms with Crippen molar-refractivity contribution < 1.29 is 4.79 Å². The number of hydrogen-bond acceptors (Lipinski definition) is 4. The molecule has 0 saturated carbocycles. The van der Waals surface area contributed by atoms with E-state index < -0.39 is 0 Å². The van der Waals surface area contributed by atoms with E-state index in [0.29, 0.717) is 33.1 Å². The molecule has 0 radical (unpaired) electrons. The lowest BCUT2D eigenvalue weighted by Gasteiger charge is -2.10. The first-order valence-corrected chi connectivity index (χ1v) is 10.1. The van der Waals surface area contributed by atoms with Gasteiger partial charge in [0.1, 0.15) is 5.69 Å². The van der Waals surface area contributed by atoms with Gasteiger partial charge < -0.3 is 0 Å². The van der Waals surface area contributed by atoms with Crippen LogP contribution in [0.15, 0.2) is 91.0 Å². The van der Waals surface area contributed by atoms with Crippen molar-refractivity contribution in [1.82, 2.24) is 25.0 Å². The molecule has 0 amide bonds. The number of aromatic nitrogens is 5.